The molecule has 3 nitrogen and oxygen atoms in total. The van der Waals surface area contributed by atoms with E-state index in [1.54, 1.807) is 24.3 Å². The van der Waals surface area contributed by atoms with Crippen LogP contribution in [0.4, 0.5) is 5.69 Å². The Morgan fingerprint density at radius 1 is 0.739 bits per heavy atom. The van der Waals surface area contributed by atoms with Crippen LogP contribution in [-0.4, -0.2) is 15.9 Å². The molecule has 0 aromatic heterocycles. The van der Waals surface area contributed by atoms with Crippen LogP contribution in [0.15, 0.2) is 89.9 Å². The minimum atomic E-state index is -0.826. The molecule has 0 fully saturated rings. The summed E-state index contributed by atoms with van der Waals surface area (Å²) < 4.78 is 0. The zero-order valence-electron chi connectivity index (χ0n) is 12.5. The summed E-state index contributed by atoms with van der Waals surface area (Å²) in [6, 6.07) is 25.6. The second-order valence-electron chi connectivity index (χ2n) is 5.19. The van der Waals surface area contributed by atoms with E-state index < -0.39 is 6.10 Å². The van der Waals surface area contributed by atoms with Gasteiger partial charge in [0.15, 0.2) is 0 Å². The highest BCUT2D eigenvalue weighted by Crippen LogP contribution is 2.24. The van der Waals surface area contributed by atoms with E-state index in [-0.39, 0.29) is 5.75 Å². The van der Waals surface area contributed by atoms with Crippen molar-refractivity contribution >= 4 is 11.4 Å². The molecule has 1 unspecified atom stereocenters. The average Bonchev–Trinajstić information content (AvgIpc) is 2.62. The molecule has 1 atom stereocenters. The summed E-state index contributed by atoms with van der Waals surface area (Å²) in [7, 11) is 0. The van der Waals surface area contributed by atoms with Crippen molar-refractivity contribution in [1.82, 2.24) is 0 Å². The van der Waals surface area contributed by atoms with E-state index in [9.17, 15) is 10.2 Å². The predicted molar refractivity (Wildman–Crippen MR) is 92.1 cm³/mol. The first kappa shape index (κ1) is 15.0. The predicted octanol–water partition coefficient (Wildman–Crippen LogP) is 4.25. The third kappa shape index (κ3) is 3.65. The smallest absolute Gasteiger partial charge is 0.122 e. The second-order valence-corrected chi connectivity index (χ2v) is 5.19. The molecule has 2 N–H and O–H groups in total. The normalized spacial score (nSPS) is 12.8. The Balaban J connectivity index is 2.05. The summed E-state index contributed by atoms with van der Waals surface area (Å²) in [5, 5.41) is 20.2. The molecule has 3 aromatic rings. The van der Waals surface area contributed by atoms with Gasteiger partial charge in [0.25, 0.3) is 0 Å². The summed E-state index contributed by atoms with van der Waals surface area (Å²) in [4.78, 5) is 4.60. The molecule has 23 heavy (non-hydrogen) atoms. The number of aromatic hydroxyl groups is 1. The van der Waals surface area contributed by atoms with Gasteiger partial charge in [-0.05, 0) is 35.4 Å². The molecule has 0 spiro atoms. The van der Waals surface area contributed by atoms with E-state index >= 15 is 0 Å². The van der Waals surface area contributed by atoms with Gasteiger partial charge < -0.3 is 10.2 Å². The van der Waals surface area contributed by atoms with Gasteiger partial charge in [-0.15, -0.1) is 0 Å². The molecular weight excluding hydrogens is 286 g/mol. The topological polar surface area (TPSA) is 52.8 Å². The van der Waals surface area contributed by atoms with Crippen molar-refractivity contribution in [3.05, 3.63) is 96.1 Å². The highest BCUT2D eigenvalue weighted by Gasteiger charge is 2.17. The maximum atomic E-state index is 10.8. The largest absolute Gasteiger partial charge is 0.508 e. The van der Waals surface area contributed by atoms with Gasteiger partial charge >= 0.3 is 0 Å². The van der Waals surface area contributed by atoms with Gasteiger partial charge in [-0.3, -0.25) is 0 Å². The van der Waals surface area contributed by atoms with E-state index in [0.29, 0.717) is 11.4 Å². The molecule has 0 saturated carbocycles. The van der Waals surface area contributed by atoms with Gasteiger partial charge in [0.1, 0.15) is 11.9 Å². The van der Waals surface area contributed by atoms with Crippen LogP contribution >= 0.6 is 0 Å². The molecule has 3 heteroatoms. The van der Waals surface area contributed by atoms with Crippen molar-refractivity contribution in [3.8, 4) is 5.75 Å². The molecule has 0 bridgehead atoms. The fourth-order valence-corrected chi connectivity index (χ4v) is 2.35. The van der Waals surface area contributed by atoms with E-state index in [4.69, 9.17) is 0 Å². The number of aliphatic imine (C=N–C) groups is 1. The highest BCUT2D eigenvalue weighted by molar-refractivity contribution is 6.05. The Morgan fingerprint density at radius 2 is 1.30 bits per heavy atom. The molecular formula is C20H17NO2. The second kappa shape index (κ2) is 6.90. The van der Waals surface area contributed by atoms with Crippen molar-refractivity contribution in [1.29, 1.82) is 0 Å². The van der Waals surface area contributed by atoms with Crippen LogP contribution in [0.3, 0.4) is 0 Å². The summed E-state index contributed by atoms with van der Waals surface area (Å²) in [5.74, 6) is 0.189. The molecule has 0 amide bonds. The zero-order valence-corrected chi connectivity index (χ0v) is 12.5. The Kier molecular flexibility index (Phi) is 4.50. The van der Waals surface area contributed by atoms with Gasteiger partial charge in [0.05, 0.1) is 11.4 Å². The van der Waals surface area contributed by atoms with Crippen LogP contribution in [0.1, 0.15) is 17.2 Å². The third-order valence-corrected chi connectivity index (χ3v) is 3.54. The fourth-order valence-electron chi connectivity index (χ4n) is 2.35. The quantitative estimate of drug-likeness (QED) is 0.708. The standard InChI is InChI=1S/C20H17NO2/c22-18-13-11-17(12-14-18)21-19(15-7-3-1-4-8-15)20(23)16-9-5-2-6-10-16/h1-14,20,22-23H. The molecule has 0 aliphatic heterocycles. The summed E-state index contributed by atoms with van der Waals surface area (Å²) >= 11 is 0. The number of rotatable bonds is 4. The molecule has 0 radical (unpaired) electrons. The number of nitrogens with zero attached hydrogens (tertiary/aromatic N) is 1. The van der Waals surface area contributed by atoms with Crippen LogP contribution in [0.5, 0.6) is 5.75 Å². The fraction of sp³-hybridized carbons (Fsp3) is 0.0500. The first-order valence-corrected chi connectivity index (χ1v) is 7.40. The van der Waals surface area contributed by atoms with E-state index in [2.05, 4.69) is 4.99 Å². The van der Waals surface area contributed by atoms with Gasteiger partial charge in [0, 0.05) is 0 Å². The van der Waals surface area contributed by atoms with Crippen molar-refractivity contribution in [2.45, 2.75) is 6.10 Å². The van der Waals surface area contributed by atoms with E-state index in [1.807, 2.05) is 60.7 Å². The Bertz CT molecular complexity index is 781. The number of benzene rings is 3. The number of aliphatic hydroxyl groups is 1. The minimum Gasteiger partial charge on any atom is -0.508 e. The third-order valence-electron chi connectivity index (χ3n) is 3.54. The van der Waals surface area contributed by atoms with Crippen LogP contribution in [0.25, 0.3) is 0 Å². The maximum absolute atomic E-state index is 10.8. The van der Waals surface area contributed by atoms with E-state index in [0.717, 1.165) is 11.1 Å². The average molecular weight is 303 g/mol. The molecule has 3 aromatic carbocycles. The molecule has 0 aliphatic rings. The lowest BCUT2D eigenvalue weighted by Gasteiger charge is -2.15. The highest BCUT2D eigenvalue weighted by atomic mass is 16.3. The van der Waals surface area contributed by atoms with Crippen LogP contribution < -0.4 is 0 Å². The zero-order chi connectivity index (χ0) is 16.1. The SMILES string of the molecule is Oc1ccc(N=C(c2ccccc2)C(O)c2ccccc2)cc1. The van der Waals surface area contributed by atoms with Crippen molar-refractivity contribution < 1.29 is 10.2 Å². The number of aliphatic hydroxyl groups excluding tert-OH is 1. The molecule has 3 rings (SSSR count). The Morgan fingerprint density at radius 3 is 1.91 bits per heavy atom. The lowest BCUT2D eigenvalue weighted by atomic mass is 9.99. The Labute approximate surface area is 135 Å². The van der Waals surface area contributed by atoms with Gasteiger partial charge in [-0.2, -0.15) is 0 Å². The van der Waals surface area contributed by atoms with Crippen LogP contribution in [0.2, 0.25) is 0 Å². The molecule has 0 heterocycles. The van der Waals surface area contributed by atoms with Crippen molar-refractivity contribution in [2.24, 2.45) is 4.99 Å². The number of phenols is 1. The summed E-state index contributed by atoms with van der Waals surface area (Å²) in [6.07, 6.45) is -0.826. The molecule has 114 valence electrons. The first-order chi connectivity index (χ1) is 11.2. The van der Waals surface area contributed by atoms with Crippen molar-refractivity contribution in [3.63, 3.8) is 0 Å². The lowest BCUT2D eigenvalue weighted by Crippen LogP contribution is -2.13. The van der Waals surface area contributed by atoms with Crippen LogP contribution in [0, 0.1) is 0 Å². The number of hydrogen-bond acceptors (Lipinski definition) is 3. The van der Waals surface area contributed by atoms with Gasteiger partial charge in [0.2, 0.25) is 0 Å². The summed E-state index contributed by atoms with van der Waals surface area (Å²) in [5.41, 5.74) is 2.89. The number of phenolic OH excluding ortho intramolecular Hbond substituents is 1. The molecule has 0 aliphatic carbocycles. The maximum Gasteiger partial charge on any atom is 0.122 e. The number of hydrogen-bond donors (Lipinski definition) is 2. The van der Waals surface area contributed by atoms with Gasteiger partial charge in [-0.1, -0.05) is 60.7 Å². The van der Waals surface area contributed by atoms with Gasteiger partial charge in [-0.25, -0.2) is 4.99 Å². The molecule has 0 saturated heterocycles. The summed E-state index contributed by atoms with van der Waals surface area (Å²) in [6.45, 7) is 0. The minimum absolute atomic E-state index is 0.189. The van der Waals surface area contributed by atoms with Crippen LogP contribution in [-0.2, 0) is 0 Å². The van der Waals surface area contributed by atoms with Crippen molar-refractivity contribution in [2.75, 3.05) is 0 Å². The van der Waals surface area contributed by atoms with E-state index in [1.165, 1.54) is 0 Å². The monoisotopic (exact) mass is 303 g/mol. The lowest BCUT2D eigenvalue weighted by molar-refractivity contribution is 0.248. The Hall–Kier alpha value is -2.91. The first-order valence-electron chi connectivity index (χ1n) is 7.40.